The van der Waals surface area contributed by atoms with Crippen molar-refractivity contribution in [3.8, 4) is 22.9 Å². The van der Waals surface area contributed by atoms with Gasteiger partial charge in [0.05, 0.1) is 22.8 Å². The van der Waals surface area contributed by atoms with Crippen molar-refractivity contribution in [3.63, 3.8) is 0 Å². The van der Waals surface area contributed by atoms with Gasteiger partial charge in [-0.25, -0.2) is 19.3 Å². The summed E-state index contributed by atoms with van der Waals surface area (Å²) in [5.74, 6) is 0.523. The molecule has 0 aliphatic carbocycles. The average Bonchev–Trinajstić information content (AvgIpc) is 3.65. The van der Waals surface area contributed by atoms with E-state index in [0.717, 1.165) is 39.9 Å². The van der Waals surface area contributed by atoms with Crippen LogP contribution in [0.15, 0.2) is 128 Å². The minimum absolute atomic E-state index is 0.218. The summed E-state index contributed by atoms with van der Waals surface area (Å²) in [6, 6.07) is 29.5. The first-order valence-corrected chi connectivity index (χ1v) is 21.0. The maximum absolute atomic E-state index is 13.2. The van der Waals surface area contributed by atoms with Crippen molar-refractivity contribution in [1.82, 2.24) is 18.7 Å². The van der Waals surface area contributed by atoms with Crippen LogP contribution in [0.3, 0.4) is 0 Å². The van der Waals surface area contributed by atoms with E-state index >= 15 is 0 Å². The summed E-state index contributed by atoms with van der Waals surface area (Å²) in [6.07, 6.45) is 1.04. The van der Waals surface area contributed by atoms with Crippen LogP contribution in [-0.2, 0) is 44.6 Å². The van der Waals surface area contributed by atoms with Gasteiger partial charge in [0, 0.05) is 62.0 Å². The number of para-hydroxylation sites is 2. The fourth-order valence-electron chi connectivity index (χ4n) is 7.19. The second-order valence-electron chi connectivity index (χ2n) is 14.7. The molecule has 64 heavy (non-hydrogen) atoms. The fourth-order valence-corrected chi connectivity index (χ4v) is 7.19. The van der Waals surface area contributed by atoms with Gasteiger partial charge in [0.1, 0.15) is 11.5 Å². The molecule has 2 unspecified atom stereocenters. The SMILES string of the molecule is CCOC1Oc2ccc(C)cc2C([O-])=C1C=Nc1c(C)n(C)n(-c2ccccc2)c1=O.CCOC1Oc2ccc(C)cc2C([O-])=C1C=Nc1c(C)n(C)n(-c2ccccc2)c1=O.[O]=[V+2]. The number of hydrogen-bond donors (Lipinski definition) is 0. The number of rotatable bonds is 10. The van der Waals surface area contributed by atoms with Gasteiger partial charge in [0.15, 0.2) is 11.4 Å². The molecule has 6 aromatic rings. The summed E-state index contributed by atoms with van der Waals surface area (Å²) in [4.78, 5) is 35.0. The summed E-state index contributed by atoms with van der Waals surface area (Å²) in [5.41, 5.74) is 6.16. The third kappa shape index (κ3) is 9.43. The molecule has 0 saturated heterocycles. The molecule has 2 aliphatic heterocycles. The number of benzene rings is 4. The Balaban J connectivity index is 0.000000205. The van der Waals surface area contributed by atoms with E-state index in [9.17, 15) is 19.8 Å². The van der Waals surface area contributed by atoms with E-state index in [1.807, 2.05) is 114 Å². The number of nitrogens with zero attached hydrogens (tertiary/aromatic N) is 6. The third-order valence-electron chi connectivity index (χ3n) is 10.6. The van der Waals surface area contributed by atoms with Gasteiger partial charge in [-0.2, -0.15) is 0 Å². The number of hydrogen-bond acceptors (Lipinski definition) is 11. The fraction of sp³-hybridized carbons (Fsp3) is 0.250. The minimum atomic E-state index is -0.878. The van der Waals surface area contributed by atoms with E-state index in [1.54, 1.807) is 57.1 Å². The van der Waals surface area contributed by atoms with Gasteiger partial charge in [0.25, 0.3) is 11.1 Å². The standard InChI is InChI=1S/2C24H25N3O4.O.V/c2*1-5-30-24-19(22(28)18-13-15(2)11-12-20(18)31-24)14-25-21-16(3)26(4)27(23(21)29)17-9-7-6-8-10-17;;/h2*6-14,24,28H,5H2,1-4H3;;/q;;;+2/p-2. The van der Waals surface area contributed by atoms with Crippen molar-refractivity contribution < 1.29 is 50.2 Å². The molecule has 329 valence electrons. The van der Waals surface area contributed by atoms with Crippen molar-refractivity contribution in [2.24, 2.45) is 24.1 Å². The Kier molecular flexibility index (Phi) is 15.0. The van der Waals surface area contributed by atoms with E-state index in [0.29, 0.717) is 47.2 Å². The number of fused-ring (bicyclic) bond motifs is 2. The van der Waals surface area contributed by atoms with Gasteiger partial charge in [-0.15, -0.1) is 0 Å². The number of ether oxygens (including phenoxy) is 4. The van der Waals surface area contributed by atoms with Gasteiger partial charge in [0.2, 0.25) is 12.6 Å². The molecule has 2 aliphatic rings. The van der Waals surface area contributed by atoms with Crippen LogP contribution in [0.5, 0.6) is 11.5 Å². The Hall–Kier alpha value is -6.78. The van der Waals surface area contributed by atoms with Crippen LogP contribution in [0.25, 0.3) is 22.9 Å². The van der Waals surface area contributed by atoms with Gasteiger partial charge < -0.3 is 29.2 Å². The summed E-state index contributed by atoms with van der Waals surface area (Å²) in [6.45, 7) is 11.8. The van der Waals surface area contributed by atoms with E-state index < -0.39 is 12.6 Å². The summed E-state index contributed by atoms with van der Waals surface area (Å²) in [5, 5.41) is 26.3. The van der Waals surface area contributed by atoms with Gasteiger partial charge in [-0.3, -0.25) is 19.0 Å². The molecule has 0 spiro atoms. The molecule has 8 rings (SSSR count). The quantitative estimate of drug-likeness (QED) is 0.151. The van der Waals surface area contributed by atoms with Crippen molar-refractivity contribution in [1.29, 1.82) is 0 Å². The molecule has 0 amide bonds. The summed E-state index contributed by atoms with van der Waals surface area (Å²) < 4.78 is 37.8. The van der Waals surface area contributed by atoms with Crippen LogP contribution in [0, 0.1) is 27.7 Å². The topological polar surface area (TPSA) is 179 Å². The molecule has 4 heterocycles. The predicted molar refractivity (Wildman–Crippen MR) is 237 cm³/mol. The second-order valence-corrected chi connectivity index (χ2v) is 14.7. The Bertz CT molecular complexity index is 2700. The normalized spacial score (nSPS) is 15.5. The molecule has 2 atom stereocenters. The zero-order valence-corrected chi connectivity index (χ0v) is 38.2. The zero-order chi connectivity index (χ0) is 46.2. The van der Waals surface area contributed by atoms with Crippen LogP contribution in [0.1, 0.15) is 47.5 Å². The zero-order valence-electron chi connectivity index (χ0n) is 36.8. The van der Waals surface area contributed by atoms with Crippen molar-refractivity contribution in [2.45, 2.75) is 54.1 Å². The second kappa shape index (κ2) is 20.6. The molecule has 15 nitrogen and oxygen atoms in total. The Morgan fingerprint density at radius 3 is 1.31 bits per heavy atom. The first-order chi connectivity index (χ1) is 30.8. The summed E-state index contributed by atoms with van der Waals surface area (Å²) in [7, 11) is 3.60. The Morgan fingerprint density at radius 1 is 0.609 bits per heavy atom. The van der Waals surface area contributed by atoms with Crippen LogP contribution >= 0.6 is 0 Å². The van der Waals surface area contributed by atoms with Gasteiger partial charge in [-0.05, 0) is 90.1 Å². The molecule has 2 aromatic heterocycles. The molecule has 0 N–H and O–H groups in total. The first-order valence-electron chi connectivity index (χ1n) is 20.4. The van der Waals surface area contributed by atoms with Crippen molar-refractivity contribution in [3.05, 3.63) is 163 Å². The monoisotopic (exact) mass is 903 g/mol. The molecule has 0 saturated carbocycles. The molecule has 0 radical (unpaired) electrons. The van der Waals surface area contributed by atoms with E-state index in [-0.39, 0.29) is 45.2 Å². The molecule has 0 bridgehead atoms. The van der Waals surface area contributed by atoms with Crippen LogP contribution in [0.2, 0.25) is 0 Å². The molecular weight excluding hydrogens is 856 g/mol. The van der Waals surface area contributed by atoms with Gasteiger partial charge in [-0.1, -0.05) is 71.2 Å². The third-order valence-corrected chi connectivity index (χ3v) is 10.6. The molecule has 16 heteroatoms. The number of aliphatic imine (C=N–C) groups is 2. The number of aryl methyl sites for hydroxylation is 2. The van der Waals surface area contributed by atoms with E-state index in [4.69, 9.17) is 22.6 Å². The predicted octanol–water partition coefficient (Wildman–Crippen LogP) is 5.92. The van der Waals surface area contributed by atoms with E-state index in [1.165, 1.54) is 12.4 Å². The molecule has 0 fully saturated rings. The van der Waals surface area contributed by atoms with Crippen LogP contribution in [0.4, 0.5) is 11.4 Å². The van der Waals surface area contributed by atoms with Crippen molar-refractivity contribution in [2.75, 3.05) is 13.2 Å². The Morgan fingerprint density at radius 2 is 0.969 bits per heavy atom. The maximum atomic E-state index is 13.2. The first kappa shape index (κ1) is 46.7. The van der Waals surface area contributed by atoms with Gasteiger partial charge >= 0.3 is 21.0 Å². The van der Waals surface area contributed by atoms with Crippen molar-refractivity contribution >= 4 is 35.3 Å². The van der Waals surface area contributed by atoms with E-state index in [2.05, 4.69) is 9.98 Å². The van der Waals surface area contributed by atoms with Crippen LogP contribution in [-0.4, -0.2) is 57.0 Å². The molecule has 4 aromatic carbocycles. The molecular formula is C48H48N6O9V. The summed E-state index contributed by atoms with van der Waals surface area (Å²) >= 11 is 1.06. The van der Waals surface area contributed by atoms with Crippen LogP contribution < -0.4 is 30.8 Å². The average molecular weight is 904 g/mol. The number of aromatic nitrogens is 4. The Labute approximate surface area is 379 Å².